The van der Waals surface area contributed by atoms with E-state index in [1.54, 1.807) is 6.07 Å². The van der Waals surface area contributed by atoms with Gasteiger partial charge in [0.05, 0.1) is 13.7 Å². The molecule has 7 nitrogen and oxygen atoms in total. The number of anilines is 1. The highest BCUT2D eigenvalue weighted by atomic mass is 19.1. The Hall–Kier alpha value is -2.61. The molecular formula is C24H32FN3O4. The molecule has 2 aromatic rings. The lowest BCUT2D eigenvalue weighted by Gasteiger charge is -2.20. The molecule has 32 heavy (non-hydrogen) atoms. The van der Waals surface area contributed by atoms with Gasteiger partial charge in [0.1, 0.15) is 17.4 Å². The van der Waals surface area contributed by atoms with Crippen molar-refractivity contribution in [2.75, 3.05) is 38.7 Å². The molecule has 2 aliphatic rings. The molecule has 1 unspecified atom stereocenters. The fourth-order valence-corrected chi connectivity index (χ4v) is 4.77. The first-order chi connectivity index (χ1) is 15.5. The van der Waals surface area contributed by atoms with E-state index in [9.17, 15) is 4.79 Å². The molecule has 2 heterocycles. The van der Waals surface area contributed by atoms with E-state index in [2.05, 4.69) is 15.2 Å². The first kappa shape index (κ1) is 22.6. The second kappa shape index (κ2) is 9.90. The first-order valence-corrected chi connectivity index (χ1v) is 11.5. The minimum absolute atomic E-state index is 0.0789. The fourth-order valence-electron chi connectivity index (χ4n) is 4.77. The first-order valence-electron chi connectivity index (χ1n) is 11.5. The number of fused-ring (bicyclic) bond motifs is 3. The van der Waals surface area contributed by atoms with Gasteiger partial charge in [-0.15, -0.1) is 0 Å². The molecule has 1 atom stereocenters. The molecule has 0 bridgehead atoms. The topological polar surface area (TPSA) is 72.9 Å². The summed E-state index contributed by atoms with van der Waals surface area (Å²) in [4.78, 5) is 18.1. The van der Waals surface area contributed by atoms with Crippen LogP contribution in [0.25, 0.3) is 10.9 Å². The number of nitrogens with one attached hydrogen (secondary N) is 1. The number of nitrogens with zero attached hydrogens (tertiary/aromatic N) is 2. The lowest BCUT2D eigenvalue weighted by Crippen LogP contribution is -2.22. The molecule has 0 spiro atoms. The van der Waals surface area contributed by atoms with Gasteiger partial charge in [-0.05, 0) is 65.1 Å². The van der Waals surface area contributed by atoms with E-state index in [0.717, 1.165) is 37.2 Å². The van der Waals surface area contributed by atoms with Gasteiger partial charge in [-0.1, -0.05) is 0 Å². The van der Waals surface area contributed by atoms with Crippen LogP contribution in [0.1, 0.15) is 56.8 Å². The van der Waals surface area contributed by atoms with Crippen molar-refractivity contribution in [3.8, 4) is 11.5 Å². The highest BCUT2D eigenvalue weighted by molar-refractivity contribution is 5.90. The summed E-state index contributed by atoms with van der Waals surface area (Å²) in [5.41, 5.74) is 1.95. The number of rotatable bonds is 10. The van der Waals surface area contributed by atoms with Crippen molar-refractivity contribution in [2.45, 2.75) is 58.1 Å². The molecule has 0 radical (unpaired) electrons. The van der Waals surface area contributed by atoms with Gasteiger partial charge in [-0.2, -0.15) is 0 Å². The SMILES string of the molecule is COc1cc2c3c(c(NC(C)C)nc2c(F)c1OCCCN1CCCC1)CCC3OC=O. The minimum Gasteiger partial charge on any atom is -0.493 e. The number of aromatic nitrogens is 1. The number of carbonyl (C=O) groups is 1. The quantitative estimate of drug-likeness (QED) is 0.433. The van der Waals surface area contributed by atoms with Gasteiger partial charge in [0.15, 0.2) is 17.3 Å². The summed E-state index contributed by atoms with van der Waals surface area (Å²) >= 11 is 0. The number of halogens is 1. The van der Waals surface area contributed by atoms with Crippen LogP contribution in [0.5, 0.6) is 11.5 Å². The summed E-state index contributed by atoms with van der Waals surface area (Å²) in [6.07, 6.45) is 4.20. The number of likely N-dealkylation sites (tertiary alicyclic amines) is 1. The predicted octanol–water partition coefficient (Wildman–Crippen LogP) is 4.23. The van der Waals surface area contributed by atoms with Gasteiger partial charge in [0, 0.05) is 29.1 Å². The summed E-state index contributed by atoms with van der Waals surface area (Å²) < 4.78 is 32.4. The molecule has 1 saturated heterocycles. The molecule has 0 saturated carbocycles. The Balaban J connectivity index is 1.70. The Kier molecular flexibility index (Phi) is 6.98. The average molecular weight is 446 g/mol. The average Bonchev–Trinajstić information content (AvgIpc) is 3.43. The normalized spacial score (nSPS) is 18.2. The third-order valence-electron chi connectivity index (χ3n) is 6.19. The van der Waals surface area contributed by atoms with E-state index in [1.165, 1.54) is 20.0 Å². The second-order valence-corrected chi connectivity index (χ2v) is 8.78. The summed E-state index contributed by atoms with van der Waals surface area (Å²) in [5.74, 6) is 0.479. The van der Waals surface area contributed by atoms with Crippen LogP contribution in [0.4, 0.5) is 10.2 Å². The summed E-state index contributed by atoms with van der Waals surface area (Å²) in [6, 6.07) is 1.88. The third kappa shape index (κ3) is 4.46. The van der Waals surface area contributed by atoms with Gasteiger partial charge >= 0.3 is 0 Å². The maximum Gasteiger partial charge on any atom is 0.293 e. The standard InChI is InChI=1S/C24H32FN3O4/c1-15(2)26-24-16-7-8-18(32-14-29)20(16)17-13-19(30-3)23(21(25)22(17)27-24)31-12-6-11-28-9-4-5-10-28/h13-15,18H,4-12H2,1-3H3,(H,26,27). The van der Waals surface area contributed by atoms with Gasteiger partial charge in [-0.25, -0.2) is 9.37 Å². The molecule has 1 aromatic carbocycles. The number of carbonyl (C=O) groups excluding carboxylic acids is 1. The molecule has 8 heteroatoms. The van der Waals surface area contributed by atoms with E-state index < -0.39 is 11.9 Å². The Morgan fingerprint density at radius 2 is 2.12 bits per heavy atom. The van der Waals surface area contributed by atoms with E-state index in [-0.39, 0.29) is 17.3 Å². The summed E-state index contributed by atoms with van der Waals surface area (Å²) in [6.45, 7) is 8.05. The van der Waals surface area contributed by atoms with Crippen LogP contribution in [-0.4, -0.2) is 55.7 Å². The summed E-state index contributed by atoms with van der Waals surface area (Å²) in [7, 11) is 1.50. The van der Waals surface area contributed by atoms with Gasteiger partial charge in [-0.3, -0.25) is 4.79 Å². The highest BCUT2D eigenvalue weighted by Crippen LogP contribution is 2.45. The van der Waals surface area contributed by atoms with Crippen LogP contribution >= 0.6 is 0 Å². The van der Waals surface area contributed by atoms with E-state index in [4.69, 9.17) is 14.2 Å². The van der Waals surface area contributed by atoms with Crippen LogP contribution in [0.15, 0.2) is 6.07 Å². The van der Waals surface area contributed by atoms with Gasteiger partial charge < -0.3 is 24.4 Å². The zero-order chi connectivity index (χ0) is 22.7. The molecule has 4 rings (SSSR count). The molecule has 1 N–H and O–H groups in total. The molecule has 1 fully saturated rings. The number of pyridine rings is 1. The van der Waals surface area contributed by atoms with Crippen LogP contribution in [0.3, 0.4) is 0 Å². The summed E-state index contributed by atoms with van der Waals surface area (Å²) in [5, 5.41) is 3.91. The molecule has 1 aliphatic carbocycles. The van der Waals surface area contributed by atoms with Crippen LogP contribution in [0, 0.1) is 5.82 Å². The zero-order valence-electron chi connectivity index (χ0n) is 19.1. The molecule has 0 amide bonds. The third-order valence-corrected chi connectivity index (χ3v) is 6.19. The number of methoxy groups -OCH3 is 1. The number of benzene rings is 1. The maximum atomic E-state index is 15.7. The number of ether oxygens (including phenoxy) is 3. The Morgan fingerprint density at radius 1 is 1.34 bits per heavy atom. The van der Waals surface area contributed by atoms with Crippen LogP contribution < -0.4 is 14.8 Å². The van der Waals surface area contributed by atoms with Crippen molar-refractivity contribution >= 4 is 23.2 Å². The lowest BCUT2D eigenvalue weighted by molar-refractivity contribution is -0.133. The Morgan fingerprint density at radius 3 is 2.81 bits per heavy atom. The Labute approximate surface area is 188 Å². The Bertz CT molecular complexity index is 976. The van der Waals surface area contributed by atoms with Gasteiger partial charge in [0.2, 0.25) is 0 Å². The van der Waals surface area contributed by atoms with Crippen molar-refractivity contribution in [3.05, 3.63) is 23.0 Å². The monoisotopic (exact) mass is 445 g/mol. The van der Waals surface area contributed by atoms with Crippen molar-refractivity contribution in [3.63, 3.8) is 0 Å². The second-order valence-electron chi connectivity index (χ2n) is 8.78. The van der Waals surface area contributed by atoms with Gasteiger partial charge in [0.25, 0.3) is 6.47 Å². The number of hydrogen-bond acceptors (Lipinski definition) is 7. The van der Waals surface area contributed by atoms with E-state index in [0.29, 0.717) is 42.9 Å². The van der Waals surface area contributed by atoms with Crippen molar-refractivity contribution in [2.24, 2.45) is 0 Å². The maximum absolute atomic E-state index is 15.7. The predicted molar refractivity (Wildman–Crippen MR) is 121 cm³/mol. The van der Waals surface area contributed by atoms with Crippen molar-refractivity contribution < 1.29 is 23.4 Å². The molecule has 174 valence electrons. The molecule has 1 aromatic heterocycles. The van der Waals surface area contributed by atoms with Crippen LogP contribution in [-0.2, 0) is 16.0 Å². The fraction of sp³-hybridized carbons (Fsp3) is 0.583. The number of hydrogen-bond donors (Lipinski definition) is 1. The van der Waals surface area contributed by atoms with E-state index >= 15 is 4.39 Å². The zero-order valence-corrected chi connectivity index (χ0v) is 19.1. The highest BCUT2D eigenvalue weighted by Gasteiger charge is 2.32. The largest absolute Gasteiger partial charge is 0.493 e. The van der Waals surface area contributed by atoms with Crippen LogP contribution in [0.2, 0.25) is 0 Å². The van der Waals surface area contributed by atoms with Crippen molar-refractivity contribution in [1.82, 2.24) is 9.88 Å². The van der Waals surface area contributed by atoms with E-state index in [1.807, 2.05) is 13.8 Å². The molecule has 1 aliphatic heterocycles. The lowest BCUT2D eigenvalue weighted by atomic mass is 10.0. The molecular weight excluding hydrogens is 413 g/mol. The van der Waals surface area contributed by atoms with Crippen molar-refractivity contribution in [1.29, 1.82) is 0 Å². The smallest absolute Gasteiger partial charge is 0.293 e. The minimum atomic E-state index is -0.549.